The van der Waals surface area contributed by atoms with Gasteiger partial charge in [-0.15, -0.1) is 11.3 Å². The topological polar surface area (TPSA) is 17.2 Å². The fraction of sp³-hybridized carbons (Fsp3) is 0.0909. The molecule has 2 aromatic rings. The minimum absolute atomic E-state index is 0.662. The third kappa shape index (κ3) is 2.25. The Morgan fingerprint density at radius 3 is 2.60 bits per heavy atom. The minimum Gasteiger partial charge on any atom is -0.240 e. The highest BCUT2D eigenvalue weighted by Crippen LogP contribution is 2.25. The Bertz CT molecular complexity index is 496. The van der Waals surface area contributed by atoms with Gasteiger partial charge in [0, 0.05) is 5.38 Å². The molecule has 0 fully saturated rings. The number of nitrogens with zero attached hydrogens (tertiary/aromatic N) is 2. The molecule has 2 rings (SSSR count). The maximum atomic E-state index is 6.86. The summed E-state index contributed by atoms with van der Waals surface area (Å²) < 4.78 is 0. The number of alkyl halides is 1. The normalized spacial score (nSPS) is 9.87. The first-order chi connectivity index (χ1) is 7.33. The highest BCUT2D eigenvalue weighted by Gasteiger charge is 2.03. The van der Waals surface area contributed by atoms with Crippen LogP contribution in [-0.4, -0.2) is 4.98 Å². The van der Waals surface area contributed by atoms with Gasteiger partial charge in [-0.05, 0) is 5.56 Å². The van der Waals surface area contributed by atoms with Crippen molar-refractivity contribution in [3.63, 3.8) is 0 Å². The van der Waals surface area contributed by atoms with E-state index in [-0.39, 0.29) is 0 Å². The molecule has 15 heavy (non-hydrogen) atoms. The van der Waals surface area contributed by atoms with Crippen molar-refractivity contribution in [1.29, 1.82) is 0 Å². The molecule has 0 bridgehead atoms. The van der Waals surface area contributed by atoms with Crippen LogP contribution in [0.2, 0.25) is 0 Å². The van der Waals surface area contributed by atoms with Crippen molar-refractivity contribution < 1.29 is 0 Å². The first kappa shape index (κ1) is 10.3. The number of aromatic nitrogens is 1. The maximum absolute atomic E-state index is 6.86. The zero-order valence-corrected chi connectivity index (χ0v) is 10.2. The zero-order valence-electron chi connectivity index (χ0n) is 7.77. The molecule has 4 heteroatoms. The summed E-state index contributed by atoms with van der Waals surface area (Å²) in [6.07, 6.45) is 0. The number of hydrogen-bond acceptors (Lipinski definition) is 2. The van der Waals surface area contributed by atoms with Crippen LogP contribution in [0.5, 0.6) is 0 Å². The molecule has 0 saturated heterocycles. The molecule has 2 nitrogen and oxygen atoms in total. The van der Waals surface area contributed by atoms with Crippen molar-refractivity contribution in [2.24, 2.45) is 0 Å². The molecule has 0 aliphatic heterocycles. The standard InChI is InChI=1S/C11H7BrN2S/c1-13-9-4-2-8(3-5-9)10-7-15-11(6-12)14-10/h2-5,7H,6H2. The monoisotopic (exact) mass is 278 g/mol. The van der Waals surface area contributed by atoms with E-state index in [2.05, 4.69) is 25.8 Å². The smallest absolute Gasteiger partial charge is 0.187 e. The molecule has 0 radical (unpaired) electrons. The van der Waals surface area contributed by atoms with Crippen LogP contribution in [0.25, 0.3) is 16.1 Å². The van der Waals surface area contributed by atoms with Crippen LogP contribution in [0.4, 0.5) is 5.69 Å². The van der Waals surface area contributed by atoms with Crippen molar-refractivity contribution >= 4 is 33.0 Å². The quantitative estimate of drug-likeness (QED) is 0.593. The molecule has 0 saturated carbocycles. The second kappa shape index (κ2) is 4.56. The number of benzene rings is 1. The van der Waals surface area contributed by atoms with Crippen LogP contribution in [0.1, 0.15) is 5.01 Å². The van der Waals surface area contributed by atoms with Gasteiger partial charge in [0.2, 0.25) is 0 Å². The SMILES string of the molecule is [C-]#[N+]c1ccc(-c2csc(CBr)n2)cc1. The van der Waals surface area contributed by atoms with Crippen LogP contribution in [0.3, 0.4) is 0 Å². The molecule has 74 valence electrons. The van der Waals surface area contributed by atoms with Gasteiger partial charge in [0.05, 0.1) is 17.6 Å². The Morgan fingerprint density at radius 1 is 1.33 bits per heavy atom. The maximum Gasteiger partial charge on any atom is 0.187 e. The average molecular weight is 279 g/mol. The van der Waals surface area contributed by atoms with E-state index in [1.165, 1.54) is 0 Å². The van der Waals surface area contributed by atoms with Crippen LogP contribution in [0, 0.1) is 6.57 Å². The van der Waals surface area contributed by atoms with Crippen LogP contribution in [0.15, 0.2) is 29.6 Å². The Labute approximate surface area is 101 Å². The first-order valence-corrected chi connectivity index (χ1v) is 6.32. The lowest BCUT2D eigenvalue weighted by Crippen LogP contribution is -1.78. The fourth-order valence-electron chi connectivity index (χ4n) is 1.21. The van der Waals surface area contributed by atoms with E-state index in [0.717, 1.165) is 21.6 Å². The van der Waals surface area contributed by atoms with Crippen molar-refractivity contribution in [1.82, 2.24) is 4.98 Å². The third-order valence-corrected chi connectivity index (χ3v) is 3.71. The lowest BCUT2D eigenvalue weighted by atomic mass is 10.1. The molecule has 0 aliphatic carbocycles. The van der Waals surface area contributed by atoms with Gasteiger partial charge in [-0.2, -0.15) is 0 Å². The van der Waals surface area contributed by atoms with E-state index in [1.54, 1.807) is 11.3 Å². The van der Waals surface area contributed by atoms with Gasteiger partial charge in [-0.25, -0.2) is 9.83 Å². The Morgan fingerprint density at radius 2 is 2.07 bits per heavy atom. The Balaban J connectivity index is 2.33. The largest absolute Gasteiger partial charge is 0.240 e. The van der Waals surface area contributed by atoms with Crippen LogP contribution < -0.4 is 0 Å². The lowest BCUT2D eigenvalue weighted by molar-refractivity contribution is 1.28. The van der Waals surface area contributed by atoms with Gasteiger partial charge in [0.25, 0.3) is 0 Å². The summed E-state index contributed by atoms with van der Waals surface area (Å²) in [6, 6.07) is 7.49. The third-order valence-electron chi connectivity index (χ3n) is 1.96. The second-order valence-corrected chi connectivity index (χ2v) is 4.42. The van der Waals surface area contributed by atoms with Gasteiger partial charge in [-0.3, -0.25) is 0 Å². The van der Waals surface area contributed by atoms with Crippen LogP contribution >= 0.6 is 27.3 Å². The molecule has 1 aromatic heterocycles. The summed E-state index contributed by atoms with van der Waals surface area (Å²) >= 11 is 5.01. The van der Waals surface area contributed by atoms with E-state index >= 15 is 0 Å². The van der Waals surface area contributed by atoms with Gasteiger partial charge in [0.1, 0.15) is 5.01 Å². The number of thiazole rings is 1. The van der Waals surface area contributed by atoms with Crippen molar-refractivity contribution in [2.75, 3.05) is 0 Å². The summed E-state index contributed by atoms with van der Waals surface area (Å²) in [7, 11) is 0. The highest BCUT2D eigenvalue weighted by molar-refractivity contribution is 9.08. The lowest BCUT2D eigenvalue weighted by Gasteiger charge is -1.95. The molecule has 0 spiro atoms. The van der Waals surface area contributed by atoms with E-state index in [9.17, 15) is 0 Å². The van der Waals surface area contributed by atoms with Crippen molar-refractivity contribution in [3.05, 3.63) is 46.1 Å². The molecular formula is C11H7BrN2S. The highest BCUT2D eigenvalue weighted by atomic mass is 79.9. The molecule has 0 N–H and O–H groups in total. The predicted octanol–water partition coefficient (Wildman–Crippen LogP) is 4.26. The summed E-state index contributed by atoms with van der Waals surface area (Å²) in [5.74, 6) is 0. The molecule has 1 aromatic carbocycles. The molecule has 1 heterocycles. The van der Waals surface area contributed by atoms with Gasteiger partial charge in [0.15, 0.2) is 5.69 Å². The number of hydrogen-bond donors (Lipinski definition) is 0. The molecule has 0 unspecified atom stereocenters. The molecule has 0 aliphatic rings. The van der Waals surface area contributed by atoms with E-state index in [4.69, 9.17) is 6.57 Å². The van der Waals surface area contributed by atoms with Gasteiger partial charge < -0.3 is 0 Å². The van der Waals surface area contributed by atoms with E-state index in [1.807, 2.05) is 29.6 Å². The van der Waals surface area contributed by atoms with Crippen LogP contribution in [-0.2, 0) is 5.33 Å². The summed E-state index contributed by atoms with van der Waals surface area (Å²) in [6.45, 7) is 6.86. The fourth-order valence-corrected chi connectivity index (χ4v) is 2.38. The van der Waals surface area contributed by atoms with Gasteiger partial charge >= 0.3 is 0 Å². The minimum atomic E-state index is 0.662. The van der Waals surface area contributed by atoms with Crippen molar-refractivity contribution in [3.8, 4) is 11.3 Å². The Kier molecular flexibility index (Phi) is 3.14. The summed E-state index contributed by atoms with van der Waals surface area (Å²) in [5, 5.41) is 3.89. The summed E-state index contributed by atoms with van der Waals surface area (Å²) in [5.41, 5.74) is 2.70. The summed E-state index contributed by atoms with van der Waals surface area (Å²) in [4.78, 5) is 7.80. The molecule has 0 atom stereocenters. The Hall–Kier alpha value is -1.18. The van der Waals surface area contributed by atoms with Crippen molar-refractivity contribution in [2.45, 2.75) is 5.33 Å². The first-order valence-electron chi connectivity index (χ1n) is 4.32. The van der Waals surface area contributed by atoms with E-state index in [0.29, 0.717) is 5.69 Å². The average Bonchev–Trinajstić information content (AvgIpc) is 2.78. The van der Waals surface area contributed by atoms with Gasteiger partial charge in [-0.1, -0.05) is 40.2 Å². The zero-order chi connectivity index (χ0) is 10.7. The second-order valence-electron chi connectivity index (χ2n) is 2.92. The number of rotatable bonds is 2. The van der Waals surface area contributed by atoms with E-state index < -0.39 is 0 Å². The predicted molar refractivity (Wildman–Crippen MR) is 66.4 cm³/mol. The molecular weight excluding hydrogens is 272 g/mol. The molecule has 0 amide bonds. The number of halogens is 1.